The molecular formula is C24H20ClN5O2S. The summed E-state index contributed by atoms with van der Waals surface area (Å²) in [6.45, 7) is 1.87. The number of nitrogens with zero attached hydrogens (tertiary/aromatic N) is 4. The minimum Gasteiger partial charge on any atom is -0.465 e. The van der Waals surface area contributed by atoms with E-state index in [0.717, 1.165) is 22.6 Å². The Hall–Kier alpha value is -3.62. The van der Waals surface area contributed by atoms with E-state index in [1.807, 2.05) is 84.3 Å². The second-order valence-corrected chi connectivity index (χ2v) is 8.35. The summed E-state index contributed by atoms with van der Waals surface area (Å²) < 4.78 is 7.17. The molecule has 0 spiro atoms. The fourth-order valence-corrected chi connectivity index (χ4v) is 3.83. The van der Waals surface area contributed by atoms with Crippen LogP contribution in [0.5, 0.6) is 0 Å². The molecule has 166 valence electrons. The highest BCUT2D eigenvalue weighted by molar-refractivity contribution is 7.99. The highest BCUT2D eigenvalue weighted by Crippen LogP contribution is 2.28. The number of hydrazone groups is 1. The standard InChI is InChI=1S/C24H20ClN5O2S/c1-17(14-21-8-5-13-32-21)15-26-27-22(31)16-33-24-29-28-23(18-9-11-19(25)12-10-18)30(24)20-6-3-2-4-7-20/h2-15H,16H2,1H3,(H,27,31)/b17-14+,26-15+. The number of para-hydroxylation sites is 1. The predicted octanol–water partition coefficient (Wildman–Crippen LogP) is 5.48. The fourth-order valence-electron chi connectivity index (χ4n) is 2.96. The maximum absolute atomic E-state index is 12.3. The quantitative estimate of drug-likeness (QED) is 0.206. The number of thioether (sulfide) groups is 1. The van der Waals surface area contributed by atoms with Gasteiger partial charge in [0.2, 0.25) is 0 Å². The van der Waals surface area contributed by atoms with Crippen LogP contribution in [0, 0.1) is 0 Å². The normalized spacial score (nSPS) is 11.8. The number of nitrogens with one attached hydrogen (secondary N) is 1. The van der Waals surface area contributed by atoms with Crippen molar-refractivity contribution in [3.8, 4) is 17.1 Å². The first-order valence-corrected chi connectivity index (χ1v) is 11.4. The van der Waals surface area contributed by atoms with Crippen LogP contribution in [0.3, 0.4) is 0 Å². The van der Waals surface area contributed by atoms with Crippen molar-refractivity contribution >= 4 is 41.6 Å². The van der Waals surface area contributed by atoms with E-state index in [1.165, 1.54) is 11.8 Å². The minimum atomic E-state index is -0.252. The Bertz CT molecular complexity index is 1270. The van der Waals surface area contributed by atoms with Crippen LogP contribution in [0.25, 0.3) is 23.2 Å². The van der Waals surface area contributed by atoms with E-state index in [9.17, 15) is 4.79 Å². The van der Waals surface area contributed by atoms with Crippen molar-refractivity contribution in [2.45, 2.75) is 12.1 Å². The zero-order valence-corrected chi connectivity index (χ0v) is 19.3. The van der Waals surface area contributed by atoms with Gasteiger partial charge in [-0.1, -0.05) is 41.6 Å². The maximum atomic E-state index is 12.3. The van der Waals surface area contributed by atoms with Gasteiger partial charge in [-0.05, 0) is 67.1 Å². The summed E-state index contributed by atoms with van der Waals surface area (Å²) in [5, 5.41) is 13.9. The molecule has 0 aliphatic carbocycles. The van der Waals surface area contributed by atoms with Crippen LogP contribution in [0.1, 0.15) is 12.7 Å². The second-order valence-electron chi connectivity index (χ2n) is 6.97. The van der Waals surface area contributed by atoms with Gasteiger partial charge in [-0.2, -0.15) is 5.10 Å². The van der Waals surface area contributed by atoms with Crippen LogP contribution in [0.2, 0.25) is 5.02 Å². The number of hydrogen-bond acceptors (Lipinski definition) is 6. The molecule has 2 aromatic heterocycles. The molecule has 0 aliphatic rings. The molecule has 9 heteroatoms. The first kappa shape index (κ1) is 22.6. The molecule has 2 heterocycles. The van der Waals surface area contributed by atoms with E-state index in [0.29, 0.717) is 16.0 Å². The summed E-state index contributed by atoms with van der Waals surface area (Å²) in [4.78, 5) is 12.3. The van der Waals surface area contributed by atoms with Gasteiger partial charge < -0.3 is 4.42 Å². The van der Waals surface area contributed by atoms with Crippen molar-refractivity contribution in [2.24, 2.45) is 5.10 Å². The molecule has 7 nitrogen and oxygen atoms in total. The zero-order valence-electron chi connectivity index (χ0n) is 17.7. The molecule has 2 aromatic carbocycles. The minimum absolute atomic E-state index is 0.129. The van der Waals surface area contributed by atoms with E-state index < -0.39 is 0 Å². The van der Waals surface area contributed by atoms with Crippen LogP contribution in [-0.4, -0.2) is 32.6 Å². The third kappa shape index (κ3) is 6.00. The summed E-state index contributed by atoms with van der Waals surface area (Å²) >= 11 is 7.31. The number of furan rings is 1. The van der Waals surface area contributed by atoms with Gasteiger partial charge >= 0.3 is 0 Å². The van der Waals surface area contributed by atoms with E-state index in [2.05, 4.69) is 20.7 Å². The lowest BCUT2D eigenvalue weighted by Crippen LogP contribution is -2.20. The SMILES string of the molecule is CC(/C=N/NC(=O)CSc1nnc(-c2ccc(Cl)cc2)n1-c1ccccc1)=C\c1ccco1. The Balaban J connectivity index is 1.46. The smallest absolute Gasteiger partial charge is 0.250 e. The average molecular weight is 478 g/mol. The van der Waals surface area contributed by atoms with Gasteiger partial charge in [0, 0.05) is 16.3 Å². The number of allylic oxidation sites excluding steroid dienone is 1. The Morgan fingerprint density at radius 3 is 2.64 bits per heavy atom. The number of carbonyl (C=O) groups is 1. The molecule has 0 fully saturated rings. The van der Waals surface area contributed by atoms with E-state index in [-0.39, 0.29) is 11.7 Å². The number of aromatic nitrogens is 3. The van der Waals surface area contributed by atoms with Crippen LogP contribution in [0.15, 0.2) is 93.2 Å². The number of halogens is 1. The van der Waals surface area contributed by atoms with Gasteiger partial charge in [0.05, 0.1) is 18.2 Å². The molecule has 33 heavy (non-hydrogen) atoms. The van der Waals surface area contributed by atoms with Crippen LogP contribution >= 0.6 is 23.4 Å². The highest BCUT2D eigenvalue weighted by atomic mass is 35.5. The van der Waals surface area contributed by atoms with Crippen molar-refractivity contribution < 1.29 is 9.21 Å². The van der Waals surface area contributed by atoms with Gasteiger partial charge in [-0.25, -0.2) is 5.43 Å². The van der Waals surface area contributed by atoms with Crippen molar-refractivity contribution in [2.75, 3.05) is 5.75 Å². The highest BCUT2D eigenvalue weighted by Gasteiger charge is 2.17. The molecule has 0 bridgehead atoms. The molecular weight excluding hydrogens is 458 g/mol. The molecule has 0 unspecified atom stereocenters. The van der Waals surface area contributed by atoms with E-state index in [4.69, 9.17) is 16.0 Å². The molecule has 1 amide bonds. The lowest BCUT2D eigenvalue weighted by molar-refractivity contribution is -0.118. The molecule has 0 saturated carbocycles. The maximum Gasteiger partial charge on any atom is 0.250 e. The third-order valence-electron chi connectivity index (χ3n) is 4.45. The first-order chi connectivity index (χ1) is 16.1. The lowest BCUT2D eigenvalue weighted by Gasteiger charge is -2.10. The van der Waals surface area contributed by atoms with Gasteiger partial charge in [0.25, 0.3) is 5.91 Å². The van der Waals surface area contributed by atoms with Gasteiger partial charge in [0.15, 0.2) is 11.0 Å². The Morgan fingerprint density at radius 2 is 1.91 bits per heavy atom. The third-order valence-corrected chi connectivity index (χ3v) is 5.63. The van der Waals surface area contributed by atoms with Crippen LogP contribution in [0.4, 0.5) is 0 Å². The molecule has 4 rings (SSSR count). The largest absolute Gasteiger partial charge is 0.465 e. The molecule has 0 atom stereocenters. The summed E-state index contributed by atoms with van der Waals surface area (Å²) in [7, 11) is 0. The van der Waals surface area contributed by atoms with Crippen molar-refractivity contribution in [3.63, 3.8) is 0 Å². The van der Waals surface area contributed by atoms with Crippen LogP contribution < -0.4 is 5.43 Å². The summed E-state index contributed by atoms with van der Waals surface area (Å²) in [5.41, 5.74) is 5.14. The second kappa shape index (κ2) is 10.8. The number of rotatable bonds is 8. The van der Waals surface area contributed by atoms with E-state index in [1.54, 1.807) is 12.5 Å². The molecule has 1 N–H and O–H groups in total. The lowest BCUT2D eigenvalue weighted by atomic mass is 10.2. The number of hydrogen-bond donors (Lipinski definition) is 1. The summed E-state index contributed by atoms with van der Waals surface area (Å²) in [6, 6.07) is 20.8. The monoisotopic (exact) mass is 477 g/mol. The van der Waals surface area contributed by atoms with Gasteiger partial charge in [0.1, 0.15) is 5.76 Å². The number of carbonyl (C=O) groups excluding carboxylic acids is 1. The van der Waals surface area contributed by atoms with Crippen molar-refractivity contribution in [3.05, 3.63) is 89.3 Å². The van der Waals surface area contributed by atoms with Gasteiger partial charge in [-0.15, -0.1) is 10.2 Å². The molecule has 0 saturated heterocycles. The zero-order chi connectivity index (χ0) is 23.0. The first-order valence-electron chi connectivity index (χ1n) is 10.0. The summed E-state index contributed by atoms with van der Waals surface area (Å²) in [5.74, 6) is 1.26. The molecule has 0 aliphatic heterocycles. The molecule has 0 radical (unpaired) electrons. The summed E-state index contributed by atoms with van der Waals surface area (Å²) in [6.07, 6.45) is 4.99. The number of benzene rings is 2. The Kier molecular flexibility index (Phi) is 7.39. The van der Waals surface area contributed by atoms with Crippen molar-refractivity contribution in [1.29, 1.82) is 0 Å². The van der Waals surface area contributed by atoms with Crippen LogP contribution in [-0.2, 0) is 4.79 Å². The predicted molar refractivity (Wildman–Crippen MR) is 132 cm³/mol. The Labute approximate surface area is 200 Å². The van der Waals surface area contributed by atoms with Gasteiger partial charge in [-0.3, -0.25) is 9.36 Å². The molecule has 4 aromatic rings. The fraction of sp³-hybridized carbons (Fsp3) is 0.0833. The van der Waals surface area contributed by atoms with Crippen molar-refractivity contribution in [1.82, 2.24) is 20.2 Å². The average Bonchev–Trinajstić information content (AvgIpc) is 3.49. The number of amides is 1. The topological polar surface area (TPSA) is 85.3 Å². The van der Waals surface area contributed by atoms with E-state index >= 15 is 0 Å². The Morgan fingerprint density at radius 1 is 1.12 bits per heavy atom.